The van der Waals surface area contributed by atoms with E-state index in [2.05, 4.69) is 15.6 Å². The molecule has 0 saturated carbocycles. The molecule has 1 aromatic carbocycles. The van der Waals surface area contributed by atoms with E-state index in [1.54, 1.807) is 7.05 Å². The summed E-state index contributed by atoms with van der Waals surface area (Å²) in [4.78, 5) is 4.21. The molecule has 0 aliphatic carbocycles. The van der Waals surface area contributed by atoms with Crippen LogP contribution in [-0.2, 0) is 13.1 Å². The molecular formula is C16H21ClIN3O. The highest BCUT2D eigenvalue weighted by molar-refractivity contribution is 14.0. The van der Waals surface area contributed by atoms with Crippen molar-refractivity contribution < 1.29 is 4.42 Å². The maximum atomic E-state index is 5.97. The normalized spacial score (nSPS) is 11.0. The summed E-state index contributed by atoms with van der Waals surface area (Å²) in [5.74, 6) is 2.60. The van der Waals surface area contributed by atoms with E-state index in [0.29, 0.717) is 13.1 Å². The van der Waals surface area contributed by atoms with Gasteiger partial charge in [-0.05, 0) is 37.6 Å². The Morgan fingerprint density at radius 2 is 1.91 bits per heavy atom. The zero-order valence-electron chi connectivity index (χ0n) is 12.9. The summed E-state index contributed by atoms with van der Waals surface area (Å²) in [5.41, 5.74) is 2.25. The van der Waals surface area contributed by atoms with Gasteiger partial charge in [0.15, 0.2) is 5.96 Å². The number of nitrogens with zero attached hydrogens (tertiary/aromatic N) is 1. The van der Waals surface area contributed by atoms with Crippen molar-refractivity contribution in [2.45, 2.75) is 26.9 Å². The fourth-order valence-electron chi connectivity index (χ4n) is 2.09. The second kappa shape index (κ2) is 9.05. The maximum Gasteiger partial charge on any atom is 0.191 e. The van der Waals surface area contributed by atoms with E-state index in [1.165, 1.54) is 0 Å². The van der Waals surface area contributed by atoms with Crippen LogP contribution in [0.2, 0.25) is 5.02 Å². The van der Waals surface area contributed by atoms with Crippen LogP contribution in [0.15, 0.2) is 39.7 Å². The monoisotopic (exact) mass is 433 g/mol. The predicted octanol–water partition coefficient (Wildman–Crippen LogP) is 4.03. The van der Waals surface area contributed by atoms with Gasteiger partial charge in [-0.25, -0.2) is 0 Å². The Kier molecular flexibility index (Phi) is 7.75. The van der Waals surface area contributed by atoms with E-state index in [0.717, 1.165) is 33.6 Å². The van der Waals surface area contributed by atoms with Crippen molar-refractivity contribution >= 4 is 41.5 Å². The van der Waals surface area contributed by atoms with E-state index in [-0.39, 0.29) is 24.0 Å². The summed E-state index contributed by atoms with van der Waals surface area (Å²) in [6.45, 7) is 5.26. The van der Waals surface area contributed by atoms with Crippen molar-refractivity contribution in [3.8, 4) is 0 Å². The SMILES string of the molecule is CN=C(NCc1cccc(Cl)c1)NCc1cc(C)oc1C.I. The zero-order chi connectivity index (χ0) is 15.2. The van der Waals surface area contributed by atoms with Crippen LogP contribution in [0.25, 0.3) is 0 Å². The standard InChI is InChI=1S/C16H20ClN3O.HI/c1-11-7-14(12(2)21-11)10-20-16(18-3)19-9-13-5-4-6-15(17)8-13;/h4-8H,9-10H2,1-3H3,(H2,18,19,20);1H. The number of halogens is 2. The van der Waals surface area contributed by atoms with Crippen LogP contribution < -0.4 is 10.6 Å². The van der Waals surface area contributed by atoms with Gasteiger partial charge in [-0.1, -0.05) is 23.7 Å². The van der Waals surface area contributed by atoms with Gasteiger partial charge in [-0.3, -0.25) is 4.99 Å². The molecule has 0 fully saturated rings. The number of guanidine groups is 1. The maximum absolute atomic E-state index is 5.97. The molecule has 0 amide bonds. The third-order valence-corrected chi connectivity index (χ3v) is 3.40. The Hall–Kier alpha value is -1.21. The lowest BCUT2D eigenvalue weighted by molar-refractivity contribution is 0.500. The van der Waals surface area contributed by atoms with Crippen molar-refractivity contribution in [3.63, 3.8) is 0 Å². The van der Waals surface area contributed by atoms with Gasteiger partial charge < -0.3 is 15.1 Å². The number of benzene rings is 1. The van der Waals surface area contributed by atoms with E-state index >= 15 is 0 Å². The third-order valence-electron chi connectivity index (χ3n) is 3.16. The smallest absolute Gasteiger partial charge is 0.191 e. The molecule has 0 radical (unpaired) electrons. The molecule has 1 aromatic heterocycles. The Labute approximate surface area is 153 Å². The second-order valence-corrected chi connectivity index (χ2v) is 5.28. The highest BCUT2D eigenvalue weighted by atomic mass is 127. The number of rotatable bonds is 4. The van der Waals surface area contributed by atoms with Gasteiger partial charge in [-0.15, -0.1) is 24.0 Å². The fraction of sp³-hybridized carbons (Fsp3) is 0.312. The van der Waals surface area contributed by atoms with Crippen molar-refractivity contribution in [2.24, 2.45) is 4.99 Å². The molecule has 0 bridgehead atoms. The predicted molar refractivity (Wildman–Crippen MR) is 102 cm³/mol. The summed E-state index contributed by atoms with van der Waals surface area (Å²) < 4.78 is 5.51. The quantitative estimate of drug-likeness (QED) is 0.435. The Balaban J connectivity index is 0.00000242. The van der Waals surface area contributed by atoms with Crippen LogP contribution in [0.4, 0.5) is 0 Å². The van der Waals surface area contributed by atoms with Gasteiger partial charge in [-0.2, -0.15) is 0 Å². The first kappa shape index (κ1) is 18.8. The molecule has 0 aliphatic rings. The molecular weight excluding hydrogens is 413 g/mol. The molecule has 120 valence electrons. The van der Waals surface area contributed by atoms with Crippen molar-refractivity contribution in [1.82, 2.24) is 10.6 Å². The molecule has 2 rings (SSSR count). The summed E-state index contributed by atoms with van der Waals surface area (Å²) in [5, 5.41) is 7.27. The number of nitrogens with one attached hydrogen (secondary N) is 2. The first-order valence-corrected chi connectivity index (χ1v) is 7.21. The summed E-state index contributed by atoms with van der Waals surface area (Å²) >= 11 is 5.97. The topological polar surface area (TPSA) is 49.6 Å². The first-order chi connectivity index (χ1) is 10.1. The molecule has 1 heterocycles. The fourth-order valence-corrected chi connectivity index (χ4v) is 2.30. The van der Waals surface area contributed by atoms with Gasteiger partial charge in [0.1, 0.15) is 11.5 Å². The molecule has 2 N–H and O–H groups in total. The number of aliphatic imine (C=N–C) groups is 1. The van der Waals surface area contributed by atoms with Gasteiger partial charge in [0.05, 0.1) is 0 Å². The Bertz CT molecular complexity index is 640. The van der Waals surface area contributed by atoms with Crippen molar-refractivity contribution in [1.29, 1.82) is 0 Å². The number of aryl methyl sites for hydroxylation is 2. The van der Waals surface area contributed by atoms with E-state index in [9.17, 15) is 0 Å². The van der Waals surface area contributed by atoms with E-state index < -0.39 is 0 Å². The molecule has 0 aliphatic heterocycles. The molecule has 0 saturated heterocycles. The zero-order valence-corrected chi connectivity index (χ0v) is 16.0. The van der Waals surface area contributed by atoms with Crippen LogP contribution in [-0.4, -0.2) is 13.0 Å². The lowest BCUT2D eigenvalue weighted by atomic mass is 10.2. The van der Waals surface area contributed by atoms with E-state index in [4.69, 9.17) is 16.0 Å². The van der Waals surface area contributed by atoms with Crippen LogP contribution >= 0.6 is 35.6 Å². The molecule has 2 aromatic rings. The van der Waals surface area contributed by atoms with Crippen molar-refractivity contribution in [3.05, 3.63) is 58.0 Å². The molecule has 4 nitrogen and oxygen atoms in total. The summed E-state index contributed by atoms with van der Waals surface area (Å²) in [6.07, 6.45) is 0. The molecule has 0 spiro atoms. The highest BCUT2D eigenvalue weighted by Crippen LogP contribution is 2.13. The largest absolute Gasteiger partial charge is 0.466 e. The average molecular weight is 434 g/mol. The van der Waals surface area contributed by atoms with Crippen LogP contribution in [0.1, 0.15) is 22.6 Å². The molecule has 6 heteroatoms. The lowest BCUT2D eigenvalue weighted by Crippen LogP contribution is -2.36. The van der Waals surface area contributed by atoms with Crippen LogP contribution in [0.5, 0.6) is 0 Å². The lowest BCUT2D eigenvalue weighted by Gasteiger charge is -2.11. The molecule has 22 heavy (non-hydrogen) atoms. The minimum absolute atomic E-state index is 0. The van der Waals surface area contributed by atoms with Crippen LogP contribution in [0.3, 0.4) is 0 Å². The van der Waals surface area contributed by atoms with Gasteiger partial charge in [0.2, 0.25) is 0 Å². The first-order valence-electron chi connectivity index (χ1n) is 6.83. The number of hydrogen-bond donors (Lipinski definition) is 2. The molecule has 0 atom stereocenters. The number of furan rings is 1. The minimum atomic E-state index is 0. The molecule has 0 unspecified atom stereocenters. The summed E-state index contributed by atoms with van der Waals surface area (Å²) in [6, 6.07) is 9.79. The highest BCUT2D eigenvalue weighted by Gasteiger charge is 2.05. The number of hydrogen-bond acceptors (Lipinski definition) is 2. The average Bonchev–Trinajstić information content (AvgIpc) is 2.77. The third kappa shape index (κ3) is 5.53. The van der Waals surface area contributed by atoms with Gasteiger partial charge >= 0.3 is 0 Å². The van der Waals surface area contributed by atoms with Crippen LogP contribution in [0, 0.1) is 13.8 Å². The van der Waals surface area contributed by atoms with E-state index in [1.807, 2.05) is 44.2 Å². The van der Waals surface area contributed by atoms with Gasteiger partial charge in [0, 0.05) is 30.7 Å². The Morgan fingerprint density at radius 1 is 1.18 bits per heavy atom. The summed E-state index contributed by atoms with van der Waals surface area (Å²) in [7, 11) is 1.75. The minimum Gasteiger partial charge on any atom is -0.466 e. The Morgan fingerprint density at radius 3 is 2.50 bits per heavy atom. The van der Waals surface area contributed by atoms with Gasteiger partial charge in [0.25, 0.3) is 0 Å². The second-order valence-electron chi connectivity index (χ2n) is 4.85. The van der Waals surface area contributed by atoms with Crippen molar-refractivity contribution in [2.75, 3.05) is 7.05 Å².